The number of Topliss-reactive ketones (excluding diaryl/α,β-unsaturated/α-hetero) is 2. The topological polar surface area (TPSA) is 50.3 Å². The van der Waals surface area contributed by atoms with Gasteiger partial charge in [0.1, 0.15) is 5.00 Å². The molecule has 4 heterocycles. The molecule has 5 aromatic rings. The summed E-state index contributed by atoms with van der Waals surface area (Å²) >= 11 is 4.82. The van der Waals surface area contributed by atoms with Crippen LogP contribution < -0.4 is 4.90 Å². The number of hydrogen-bond acceptors (Lipinski definition) is 7. The fourth-order valence-electron chi connectivity index (χ4n) is 4.41. The van der Waals surface area contributed by atoms with E-state index in [9.17, 15) is 9.59 Å². The molecule has 0 saturated heterocycles. The maximum atomic E-state index is 13.1. The summed E-state index contributed by atoms with van der Waals surface area (Å²) in [5, 5.41) is 3.95. The normalized spacial score (nSPS) is 15.6. The minimum Gasteiger partial charge on any atom is -0.288 e. The lowest BCUT2D eigenvalue weighted by molar-refractivity contribution is 0.0990. The van der Waals surface area contributed by atoms with Gasteiger partial charge in [-0.3, -0.25) is 14.5 Å². The number of rotatable bonds is 2. The van der Waals surface area contributed by atoms with Crippen LogP contribution in [0.25, 0.3) is 16.2 Å². The minimum atomic E-state index is -0.199. The van der Waals surface area contributed by atoms with E-state index in [0.29, 0.717) is 11.1 Å². The van der Waals surface area contributed by atoms with Gasteiger partial charge in [-0.05, 0) is 71.4 Å². The molecule has 0 spiro atoms. The van der Waals surface area contributed by atoms with Gasteiger partial charge in [0.05, 0.1) is 16.2 Å². The van der Waals surface area contributed by atoms with E-state index in [1.807, 2.05) is 53.9 Å². The number of aromatic nitrogens is 1. The number of anilines is 3. The van der Waals surface area contributed by atoms with Crippen LogP contribution in [-0.4, -0.2) is 16.6 Å². The monoisotopic (exact) mass is 494 g/mol. The van der Waals surface area contributed by atoms with Crippen molar-refractivity contribution < 1.29 is 9.59 Å². The van der Waals surface area contributed by atoms with Crippen LogP contribution >= 0.6 is 34.4 Å². The molecule has 4 nitrogen and oxygen atoms in total. The van der Waals surface area contributed by atoms with Crippen LogP contribution in [-0.2, 0) is 0 Å². The van der Waals surface area contributed by atoms with Gasteiger partial charge in [0, 0.05) is 31.8 Å². The van der Waals surface area contributed by atoms with E-state index in [1.165, 1.54) is 11.3 Å². The van der Waals surface area contributed by atoms with Crippen LogP contribution in [0.2, 0.25) is 0 Å². The summed E-state index contributed by atoms with van der Waals surface area (Å²) in [6, 6.07) is 21.9. The summed E-state index contributed by atoms with van der Waals surface area (Å²) in [5.74, 6) is 0.486. The standard InChI is InChI=1S/C27H14N2O2S3/c30-25-17-12-15-9-11-32-23(15)14-18(17)26(31)19(25)13-16-7-8-24(33-16)29-20-4-1-2-5-21(20)34-22-6-3-10-28-27(22)29/h1-14H/b19-13+. The summed E-state index contributed by atoms with van der Waals surface area (Å²) in [4.78, 5) is 36.1. The van der Waals surface area contributed by atoms with Crippen molar-refractivity contribution in [2.24, 2.45) is 0 Å². The van der Waals surface area contributed by atoms with Gasteiger partial charge in [-0.2, -0.15) is 0 Å². The quantitative estimate of drug-likeness (QED) is 0.182. The number of benzene rings is 2. The average molecular weight is 495 g/mol. The Kier molecular flexibility index (Phi) is 4.39. The smallest absolute Gasteiger partial charge is 0.197 e. The molecule has 0 amide bonds. The summed E-state index contributed by atoms with van der Waals surface area (Å²) in [6.07, 6.45) is 3.53. The first-order valence-corrected chi connectivity index (χ1v) is 13.1. The van der Waals surface area contributed by atoms with Crippen molar-refractivity contribution >= 4 is 78.7 Å². The Hall–Kier alpha value is -3.52. The maximum Gasteiger partial charge on any atom is 0.197 e. The highest BCUT2D eigenvalue weighted by atomic mass is 32.2. The second-order valence-corrected chi connectivity index (χ2v) is 11.1. The fraction of sp³-hybridized carbons (Fsp3) is 0. The molecule has 162 valence electrons. The van der Waals surface area contributed by atoms with Crippen LogP contribution in [0.4, 0.5) is 16.5 Å². The SMILES string of the molecule is O=C1/C(=C\c2ccc(N3c4ccccc4Sc4cccnc43)s2)C(=O)c2cc3sccc3cc21. The molecule has 0 fully saturated rings. The summed E-state index contributed by atoms with van der Waals surface area (Å²) in [7, 11) is 0. The predicted molar refractivity (Wildman–Crippen MR) is 139 cm³/mol. The van der Waals surface area contributed by atoms with Crippen LogP contribution in [0, 0.1) is 0 Å². The molecule has 0 atom stereocenters. The number of thiophene rings is 2. The van der Waals surface area contributed by atoms with E-state index in [-0.39, 0.29) is 17.1 Å². The lowest BCUT2D eigenvalue weighted by Crippen LogP contribution is -2.14. The van der Waals surface area contributed by atoms with Crippen molar-refractivity contribution in [1.82, 2.24) is 4.98 Å². The van der Waals surface area contributed by atoms with Crippen molar-refractivity contribution in [2.45, 2.75) is 9.79 Å². The first-order valence-electron chi connectivity index (χ1n) is 10.6. The van der Waals surface area contributed by atoms with Crippen molar-refractivity contribution in [3.8, 4) is 0 Å². The molecule has 0 bridgehead atoms. The van der Waals surface area contributed by atoms with Gasteiger partial charge < -0.3 is 0 Å². The van der Waals surface area contributed by atoms with Gasteiger partial charge in [-0.1, -0.05) is 23.9 Å². The predicted octanol–water partition coefficient (Wildman–Crippen LogP) is 7.75. The maximum absolute atomic E-state index is 13.1. The molecule has 3 aromatic heterocycles. The van der Waals surface area contributed by atoms with Gasteiger partial charge in [-0.25, -0.2) is 4.98 Å². The molecule has 0 saturated carbocycles. The van der Waals surface area contributed by atoms with Crippen LogP contribution in [0.15, 0.2) is 93.7 Å². The number of allylic oxidation sites excluding steroid dienone is 1. The van der Waals surface area contributed by atoms with E-state index < -0.39 is 0 Å². The molecule has 34 heavy (non-hydrogen) atoms. The molecule has 2 aliphatic rings. The van der Waals surface area contributed by atoms with Crippen LogP contribution in [0.5, 0.6) is 0 Å². The fourth-order valence-corrected chi connectivity index (χ4v) is 7.21. The van der Waals surface area contributed by atoms with E-state index in [2.05, 4.69) is 28.1 Å². The minimum absolute atomic E-state index is 0.197. The van der Waals surface area contributed by atoms with Crippen molar-refractivity contribution in [3.05, 3.63) is 99.9 Å². The Labute approximate surface area is 207 Å². The summed E-state index contributed by atoms with van der Waals surface area (Å²) in [5.41, 5.74) is 2.30. The molecule has 0 unspecified atom stereocenters. The van der Waals surface area contributed by atoms with Crippen LogP contribution in [0.3, 0.4) is 0 Å². The van der Waals surface area contributed by atoms with Gasteiger partial charge in [-0.15, -0.1) is 22.7 Å². The van der Waals surface area contributed by atoms with Gasteiger partial charge in [0.2, 0.25) is 0 Å². The Morgan fingerprint density at radius 1 is 0.853 bits per heavy atom. The van der Waals surface area contributed by atoms with Gasteiger partial charge in [0.15, 0.2) is 17.4 Å². The van der Waals surface area contributed by atoms with Crippen molar-refractivity contribution in [2.75, 3.05) is 4.90 Å². The number of ketones is 2. The highest BCUT2D eigenvalue weighted by Crippen LogP contribution is 2.51. The molecule has 0 N–H and O–H groups in total. The Morgan fingerprint density at radius 2 is 1.68 bits per heavy atom. The third-order valence-corrected chi connectivity index (χ3v) is 8.98. The molecule has 1 aliphatic carbocycles. The van der Waals surface area contributed by atoms with Gasteiger partial charge in [0.25, 0.3) is 0 Å². The van der Waals surface area contributed by atoms with Crippen molar-refractivity contribution in [1.29, 1.82) is 0 Å². The Bertz CT molecular complexity index is 1600. The zero-order chi connectivity index (χ0) is 22.8. The van der Waals surface area contributed by atoms with E-state index in [1.54, 1.807) is 35.4 Å². The number of nitrogens with zero attached hydrogens (tertiary/aromatic N) is 2. The number of carbonyl (C=O) groups excluding carboxylic acids is 2. The number of para-hydroxylation sites is 1. The summed E-state index contributed by atoms with van der Waals surface area (Å²) in [6.45, 7) is 0. The molecular formula is C27H14N2O2S3. The number of pyridine rings is 1. The molecule has 0 radical (unpaired) electrons. The second-order valence-electron chi connectivity index (χ2n) is 7.98. The number of fused-ring (bicyclic) bond motifs is 4. The zero-order valence-corrected chi connectivity index (χ0v) is 20.0. The highest BCUT2D eigenvalue weighted by Gasteiger charge is 2.34. The Morgan fingerprint density at radius 3 is 2.59 bits per heavy atom. The average Bonchev–Trinajstić information content (AvgIpc) is 3.57. The Balaban J connectivity index is 1.30. The molecule has 7 rings (SSSR count). The second kappa shape index (κ2) is 7.50. The highest BCUT2D eigenvalue weighted by molar-refractivity contribution is 7.99. The number of carbonyl (C=O) groups is 2. The molecule has 1 aliphatic heterocycles. The lowest BCUT2D eigenvalue weighted by atomic mass is 10.1. The number of hydrogen-bond donors (Lipinski definition) is 0. The molecule has 7 heteroatoms. The molecular weight excluding hydrogens is 481 g/mol. The van der Waals surface area contributed by atoms with Crippen molar-refractivity contribution in [3.63, 3.8) is 0 Å². The van der Waals surface area contributed by atoms with Gasteiger partial charge >= 0.3 is 0 Å². The first kappa shape index (κ1) is 19.9. The molecule has 2 aromatic carbocycles. The van der Waals surface area contributed by atoms with E-state index in [0.717, 1.165) is 41.3 Å². The summed E-state index contributed by atoms with van der Waals surface area (Å²) < 4.78 is 1.02. The van der Waals surface area contributed by atoms with E-state index >= 15 is 0 Å². The third kappa shape index (κ3) is 2.94. The third-order valence-electron chi connectivity index (χ3n) is 5.98. The van der Waals surface area contributed by atoms with Crippen LogP contribution in [0.1, 0.15) is 25.6 Å². The first-order chi connectivity index (χ1) is 16.7. The lowest BCUT2D eigenvalue weighted by Gasteiger charge is -2.30. The zero-order valence-electron chi connectivity index (χ0n) is 17.5. The van der Waals surface area contributed by atoms with E-state index in [4.69, 9.17) is 0 Å². The largest absolute Gasteiger partial charge is 0.288 e.